The van der Waals surface area contributed by atoms with E-state index in [-0.39, 0.29) is 5.91 Å². The van der Waals surface area contributed by atoms with Gasteiger partial charge in [0.2, 0.25) is 5.91 Å². The molecule has 0 spiro atoms. The van der Waals surface area contributed by atoms with E-state index < -0.39 is 0 Å². The highest BCUT2D eigenvalue weighted by molar-refractivity contribution is 8.01. The highest BCUT2D eigenvalue weighted by atomic mass is 32.2. The number of thiazole rings is 1. The second kappa shape index (κ2) is 7.41. The molecule has 0 saturated heterocycles. The van der Waals surface area contributed by atoms with Crippen LogP contribution >= 0.6 is 23.1 Å². The molecule has 3 aromatic carbocycles. The summed E-state index contributed by atoms with van der Waals surface area (Å²) in [7, 11) is 0. The van der Waals surface area contributed by atoms with Crippen molar-refractivity contribution in [1.82, 2.24) is 4.98 Å². The molecule has 138 valence electrons. The third-order valence-corrected chi connectivity index (χ3v) is 7.14. The number of aryl methyl sites for hydroxylation is 2. The number of amides is 1. The number of para-hydroxylation sites is 3. The lowest BCUT2D eigenvalue weighted by Crippen LogP contribution is -2.28. The van der Waals surface area contributed by atoms with Gasteiger partial charge >= 0.3 is 0 Å². The molecule has 0 atom stereocenters. The van der Waals surface area contributed by atoms with E-state index in [2.05, 4.69) is 35.3 Å². The summed E-state index contributed by atoms with van der Waals surface area (Å²) in [6, 6.07) is 24.6. The Labute approximate surface area is 172 Å². The van der Waals surface area contributed by atoms with Gasteiger partial charge in [0.15, 0.2) is 4.34 Å². The molecular weight excluding hydrogens is 384 g/mol. The Morgan fingerprint density at radius 1 is 0.893 bits per heavy atom. The predicted molar refractivity (Wildman–Crippen MR) is 118 cm³/mol. The summed E-state index contributed by atoms with van der Waals surface area (Å²) in [6.07, 6.45) is 1.89. The number of fused-ring (bicyclic) bond motifs is 3. The summed E-state index contributed by atoms with van der Waals surface area (Å²) in [4.78, 5) is 19.9. The maximum absolute atomic E-state index is 13.3. The highest BCUT2D eigenvalue weighted by Crippen LogP contribution is 2.37. The van der Waals surface area contributed by atoms with Crippen molar-refractivity contribution in [3.05, 3.63) is 83.9 Å². The second-order valence-electron chi connectivity index (χ2n) is 6.72. The SMILES string of the molecule is O=C(CSc1nc2ccccc2s1)N1c2ccccc2CCc2ccccc21. The van der Waals surface area contributed by atoms with Crippen LogP contribution in [0.4, 0.5) is 11.4 Å². The quantitative estimate of drug-likeness (QED) is 0.403. The van der Waals surface area contributed by atoms with Crippen LogP contribution in [0.3, 0.4) is 0 Å². The number of nitrogens with zero attached hydrogens (tertiary/aromatic N) is 2. The maximum Gasteiger partial charge on any atom is 0.242 e. The van der Waals surface area contributed by atoms with Crippen molar-refractivity contribution in [3.63, 3.8) is 0 Å². The van der Waals surface area contributed by atoms with Crippen LogP contribution in [-0.2, 0) is 17.6 Å². The zero-order valence-corrected chi connectivity index (χ0v) is 16.8. The minimum absolute atomic E-state index is 0.0889. The summed E-state index contributed by atoms with van der Waals surface area (Å²) >= 11 is 3.16. The number of thioether (sulfide) groups is 1. The van der Waals surface area contributed by atoms with Crippen molar-refractivity contribution >= 4 is 50.6 Å². The number of hydrogen-bond acceptors (Lipinski definition) is 4. The Bertz CT molecular complexity index is 1090. The number of rotatable bonds is 3. The van der Waals surface area contributed by atoms with Crippen molar-refractivity contribution in [2.24, 2.45) is 0 Å². The first-order chi connectivity index (χ1) is 13.8. The molecule has 1 aliphatic heterocycles. The fraction of sp³-hybridized carbons (Fsp3) is 0.130. The molecule has 0 saturated carbocycles. The van der Waals surface area contributed by atoms with E-state index in [1.165, 1.54) is 22.9 Å². The molecule has 1 aromatic heterocycles. The normalized spacial score (nSPS) is 13.1. The van der Waals surface area contributed by atoms with Crippen LogP contribution in [0.15, 0.2) is 77.1 Å². The van der Waals surface area contributed by atoms with Gasteiger partial charge in [-0.05, 0) is 48.2 Å². The number of benzene rings is 3. The van der Waals surface area contributed by atoms with Crippen LogP contribution in [0.25, 0.3) is 10.2 Å². The third-order valence-electron chi connectivity index (χ3n) is 4.97. The van der Waals surface area contributed by atoms with Gasteiger partial charge in [0, 0.05) is 0 Å². The van der Waals surface area contributed by atoms with Crippen molar-refractivity contribution in [2.75, 3.05) is 10.7 Å². The summed E-state index contributed by atoms with van der Waals surface area (Å²) < 4.78 is 2.09. The number of anilines is 2. The number of aromatic nitrogens is 1. The molecular formula is C23H18N2OS2. The third kappa shape index (κ3) is 3.21. The number of hydrogen-bond donors (Lipinski definition) is 0. The minimum Gasteiger partial charge on any atom is -0.280 e. The molecule has 1 aliphatic rings. The number of carbonyl (C=O) groups is 1. The first kappa shape index (κ1) is 17.5. The van der Waals surface area contributed by atoms with E-state index >= 15 is 0 Å². The fourth-order valence-corrected chi connectivity index (χ4v) is 5.57. The first-order valence-electron chi connectivity index (χ1n) is 9.27. The minimum atomic E-state index is 0.0889. The van der Waals surface area contributed by atoms with Crippen LogP contribution in [0.5, 0.6) is 0 Å². The molecule has 2 heterocycles. The van der Waals surface area contributed by atoms with Crippen LogP contribution in [-0.4, -0.2) is 16.6 Å². The van der Waals surface area contributed by atoms with Crippen LogP contribution in [0, 0.1) is 0 Å². The zero-order chi connectivity index (χ0) is 18.9. The summed E-state index contributed by atoms with van der Waals surface area (Å²) in [5.74, 6) is 0.453. The van der Waals surface area contributed by atoms with E-state index in [0.717, 1.165) is 38.8 Å². The van der Waals surface area contributed by atoms with Gasteiger partial charge in [-0.25, -0.2) is 4.98 Å². The highest BCUT2D eigenvalue weighted by Gasteiger charge is 2.25. The van der Waals surface area contributed by atoms with Gasteiger partial charge in [-0.15, -0.1) is 11.3 Å². The van der Waals surface area contributed by atoms with E-state index in [1.54, 1.807) is 11.3 Å². The lowest BCUT2D eigenvalue weighted by Gasteiger charge is -2.24. The molecule has 0 radical (unpaired) electrons. The summed E-state index contributed by atoms with van der Waals surface area (Å²) in [6.45, 7) is 0. The van der Waals surface area contributed by atoms with Crippen molar-refractivity contribution in [1.29, 1.82) is 0 Å². The zero-order valence-electron chi connectivity index (χ0n) is 15.2. The van der Waals surface area contributed by atoms with Gasteiger partial charge < -0.3 is 0 Å². The topological polar surface area (TPSA) is 33.2 Å². The molecule has 3 nitrogen and oxygen atoms in total. The number of carbonyl (C=O) groups excluding carboxylic acids is 1. The monoisotopic (exact) mass is 402 g/mol. The average Bonchev–Trinajstić information content (AvgIpc) is 3.07. The standard InChI is InChI=1S/C23H18N2OS2/c26-22(15-27-23-24-18-9-3-6-12-21(18)28-23)25-19-10-4-1-7-16(19)13-14-17-8-2-5-11-20(17)25/h1-12H,13-15H2. The molecule has 0 aliphatic carbocycles. The molecule has 28 heavy (non-hydrogen) atoms. The van der Waals surface area contributed by atoms with Gasteiger partial charge in [0.05, 0.1) is 27.3 Å². The van der Waals surface area contributed by atoms with Crippen LogP contribution in [0.1, 0.15) is 11.1 Å². The predicted octanol–water partition coefficient (Wildman–Crippen LogP) is 5.85. The lowest BCUT2D eigenvalue weighted by atomic mass is 10.0. The van der Waals surface area contributed by atoms with E-state index in [9.17, 15) is 4.79 Å². The van der Waals surface area contributed by atoms with Crippen molar-refractivity contribution in [2.45, 2.75) is 17.2 Å². The summed E-state index contributed by atoms with van der Waals surface area (Å²) in [5.41, 5.74) is 5.44. The maximum atomic E-state index is 13.3. The Morgan fingerprint density at radius 2 is 1.50 bits per heavy atom. The van der Waals surface area contributed by atoms with E-state index in [0.29, 0.717) is 5.75 Å². The van der Waals surface area contributed by atoms with Crippen LogP contribution < -0.4 is 4.90 Å². The fourth-order valence-electron chi connectivity index (χ4n) is 3.65. The first-order valence-corrected chi connectivity index (χ1v) is 11.1. The molecule has 4 aromatic rings. The largest absolute Gasteiger partial charge is 0.280 e. The van der Waals surface area contributed by atoms with Gasteiger partial charge in [-0.2, -0.15) is 0 Å². The lowest BCUT2D eigenvalue weighted by molar-refractivity contribution is -0.115. The van der Waals surface area contributed by atoms with E-state index in [4.69, 9.17) is 0 Å². The van der Waals surface area contributed by atoms with Crippen molar-refractivity contribution < 1.29 is 4.79 Å². The Morgan fingerprint density at radius 3 is 2.18 bits per heavy atom. The molecule has 1 amide bonds. The van der Waals surface area contributed by atoms with Crippen LogP contribution in [0.2, 0.25) is 0 Å². The van der Waals surface area contributed by atoms with Gasteiger partial charge in [0.1, 0.15) is 0 Å². The molecule has 5 heteroatoms. The molecule has 0 N–H and O–H groups in total. The molecule has 0 bridgehead atoms. The molecule has 0 fully saturated rings. The second-order valence-corrected chi connectivity index (χ2v) is 8.98. The van der Waals surface area contributed by atoms with Gasteiger partial charge in [0.25, 0.3) is 0 Å². The Kier molecular flexibility index (Phi) is 4.63. The van der Waals surface area contributed by atoms with Gasteiger partial charge in [-0.3, -0.25) is 9.69 Å². The van der Waals surface area contributed by atoms with Crippen molar-refractivity contribution in [3.8, 4) is 0 Å². The average molecular weight is 403 g/mol. The molecule has 0 unspecified atom stereocenters. The smallest absolute Gasteiger partial charge is 0.242 e. The molecule has 5 rings (SSSR count). The van der Waals surface area contributed by atoms with E-state index in [1.807, 2.05) is 47.4 Å². The van der Waals surface area contributed by atoms with Gasteiger partial charge in [-0.1, -0.05) is 60.3 Å². The Balaban J connectivity index is 1.46. The summed E-state index contributed by atoms with van der Waals surface area (Å²) in [5, 5.41) is 0. The Hall–Kier alpha value is -2.63.